The molecule has 18 heavy (non-hydrogen) atoms. The van der Waals surface area contributed by atoms with Gasteiger partial charge in [-0.25, -0.2) is 0 Å². The number of H-pyrrole nitrogens is 1. The average Bonchev–Trinajstić information content (AvgIpc) is 2.91. The van der Waals surface area contributed by atoms with Gasteiger partial charge in [-0.3, -0.25) is 0 Å². The van der Waals surface area contributed by atoms with Gasteiger partial charge in [0.15, 0.2) is 0 Å². The molecule has 3 aliphatic rings. The third-order valence-corrected chi connectivity index (χ3v) is 9.08. The molecule has 0 radical (unpaired) electrons. The second-order valence-electron chi connectivity index (χ2n) is 3.36. The van der Waals surface area contributed by atoms with E-state index in [9.17, 15) is 13.2 Å². The van der Waals surface area contributed by atoms with Crippen LogP contribution in [-0.4, -0.2) is 45.9 Å². The van der Waals surface area contributed by atoms with Gasteiger partial charge >= 0.3 is 122 Å². The number of rotatable bonds is 1. The zero-order valence-electron chi connectivity index (χ0n) is 8.25. The van der Waals surface area contributed by atoms with E-state index in [4.69, 9.17) is 11.6 Å². The molecule has 0 unspecified atom stereocenters. The zero-order chi connectivity index (χ0) is 12.9. The van der Waals surface area contributed by atoms with E-state index in [1.165, 1.54) is 24.0 Å². The summed E-state index contributed by atoms with van der Waals surface area (Å²) >= 11 is 6.10. The molecule has 0 bridgehead atoms. The van der Waals surface area contributed by atoms with Crippen molar-refractivity contribution >= 4 is 58.2 Å². The fourth-order valence-electron chi connectivity index (χ4n) is 1.52. The third-order valence-electron chi connectivity index (χ3n) is 2.19. The van der Waals surface area contributed by atoms with E-state index >= 15 is 0 Å². The summed E-state index contributed by atoms with van der Waals surface area (Å²) in [6.07, 6.45) is -4.27. The predicted octanol–water partition coefficient (Wildman–Crippen LogP) is 2.62. The van der Waals surface area contributed by atoms with Crippen molar-refractivity contribution in [3.05, 3.63) is 15.0 Å². The van der Waals surface area contributed by atoms with Gasteiger partial charge in [-0.15, -0.1) is 0 Å². The second kappa shape index (κ2) is 4.70. The summed E-state index contributed by atoms with van der Waals surface area (Å²) in [5, 5.41) is 0.545. The van der Waals surface area contributed by atoms with Gasteiger partial charge in [0, 0.05) is 0 Å². The van der Waals surface area contributed by atoms with Crippen LogP contribution in [0.1, 0.15) is 0 Å². The molecule has 0 aliphatic carbocycles. The monoisotopic (exact) mass is 445 g/mol. The van der Waals surface area contributed by atoms with Crippen LogP contribution in [0.25, 0.3) is 10.7 Å². The van der Waals surface area contributed by atoms with E-state index in [-0.39, 0.29) is 27.2 Å². The molecule has 0 fully saturated rings. The molecular weight excluding hydrogens is 441 g/mol. The van der Waals surface area contributed by atoms with Crippen molar-refractivity contribution in [1.82, 2.24) is 12.5 Å². The zero-order valence-corrected chi connectivity index (χ0v) is 14.1. The SMILES string of the molecule is FC(F)(F)Cn1c2n[se]sc-2c(Cl)c2s[se][nH]c1=2. The topological polar surface area (TPSA) is 33.6 Å². The van der Waals surface area contributed by atoms with Crippen molar-refractivity contribution < 1.29 is 13.2 Å². The van der Waals surface area contributed by atoms with Crippen molar-refractivity contribution in [1.29, 1.82) is 0 Å². The van der Waals surface area contributed by atoms with Gasteiger partial charge < -0.3 is 0 Å². The number of aromatic amines is 1. The van der Waals surface area contributed by atoms with Crippen LogP contribution in [0, 0.1) is 10.0 Å². The molecule has 1 N–H and O–H groups in total. The van der Waals surface area contributed by atoms with E-state index in [1.807, 2.05) is 0 Å². The van der Waals surface area contributed by atoms with Crippen LogP contribution in [0.3, 0.4) is 0 Å². The number of aromatic nitrogens is 3. The molecule has 0 aromatic rings. The van der Waals surface area contributed by atoms with Crippen molar-refractivity contribution in [3.63, 3.8) is 0 Å². The maximum absolute atomic E-state index is 12.7. The number of nitrogens with one attached hydrogen (secondary N) is 1. The Morgan fingerprint density at radius 2 is 2.17 bits per heavy atom. The van der Waals surface area contributed by atoms with Gasteiger partial charge in [0.1, 0.15) is 0 Å². The normalized spacial score (nSPS) is 12.7. The first-order valence-corrected chi connectivity index (χ1v) is 12.2. The Morgan fingerprint density at radius 3 is 2.89 bits per heavy atom. The van der Waals surface area contributed by atoms with Crippen LogP contribution in [0.15, 0.2) is 0 Å². The van der Waals surface area contributed by atoms with Crippen molar-refractivity contribution in [2.75, 3.05) is 0 Å². The fraction of sp³-hybridized carbons (Fsp3) is 0.286. The number of fused-ring (bicyclic) bond motifs is 1. The molecule has 0 saturated heterocycles. The van der Waals surface area contributed by atoms with Crippen molar-refractivity contribution in [2.45, 2.75) is 12.7 Å². The molecule has 0 atom stereocenters. The van der Waals surface area contributed by atoms with Gasteiger partial charge in [-0.05, 0) is 0 Å². The summed E-state index contributed by atoms with van der Waals surface area (Å²) in [5.74, 6) is 0.367. The molecule has 0 amide bonds. The molecule has 0 aromatic heterocycles. The second-order valence-corrected chi connectivity index (χ2v) is 10.1. The molecule has 98 valence electrons. The Kier molecular flexibility index (Phi) is 3.47. The van der Waals surface area contributed by atoms with E-state index in [1.54, 1.807) is 0 Å². The molecule has 3 heterocycles. The van der Waals surface area contributed by atoms with Gasteiger partial charge in [-0.1, -0.05) is 0 Å². The molecule has 11 heteroatoms. The fourth-order valence-corrected chi connectivity index (χ4v) is 9.39. The van der Waals surface area contributed by atoms with Crippen molar-refractivity contribution in [3.8, 4) is 10.7 Å². The first kappa shape index (κ1) is 13.3. The first-order valence-electron chi connectivity index (χ1n) is 4.47. The number of alkyl halides is 3. The average molecular weight is 444 g/mol. The third kappa shape index (κ3) is 2.24. The van der Waals surface area contributed by atoms with Crippen LogP contribution < -0.4 is 0 Å². The molecule has 3 rings (SSSR count). The van der Waals surface area contributed by atoms with Crippen LogP contribution in [0.2, 0.25) is 5.02 Å². The van der Waals surface area contributed by atoms with E-state index in [0.717, 1.165) is 4.53 Å². The van der Waals surface area contributed by atoms with Gasteiger partial charge in [-0.2, -0.15) is 0 Å². The van der Waals surface area contributed by atoms with Gasteiger partial charge in [0.25, 0.3) is 0 Å². The molecule has 0 spiro atoms. The van der Waals surface area contributed by atoms with Crippen LogP contribution >= 0.6 is 31.0 Å². The van der Waals surface area contributed by atoms with E-state index in [2.05, 4.69) is 7.96 Å². The Balaban J connectivity index is 2.40. The van der Waals surface area contributed by atoms with Crippen LogP contribution in [0.5, 0.6) is 0 Å². The van der Waals surface area contributed by atoms with Crippen molar-refractivity contribution in [2.24, 2.45) is 0 Å². The number of hydrogen-bond donors (Lipinski definition) is 1. The minimum atomic E-state index is -4.27. The molecule has 0 saturated carbocycles. The quantitative estimate of drug-likeness (QED) is 0.577. The number of halogens is 4. The van der Waals surface area contributed by atoms with E-state index in [0.29, 0.717) is 21.2 Å². The Bertz CT molecular complexity index is 742. The first-order chi connectivity index (χ1) is 8.47. The summed E-state index contributed by atoms with van der Waals surface area (Å²) in [4.78, 5) is 0.687. The minimum absolute atomic E-state index is 0.00970. The van der Waals surface area contributed by atoms with Gasteiger partial charge in [0.2, 0.25) is 0 Å². The van der Waals surface area contributed by atoms with Gasteiger partial charge in [0.05, 0.1) is 0 Å². The number of hydrogen-bond acceptors (Lipinski definition) is 3. The summed E-state index contributed by atoms with van der Waals surface area (Å²) in [7, 11) is 2.93. The Labute approximate surface area is 122 Å². The molecular formula is C7H3ClF3N3S2Se2. The summed E-state index contributed by atoms with van der Waals surface area (Å²) in [6.45, 7) is -1.03. The van der Waals surface area contributed by atoms with E-state index < -0.39 is 12.7 Å². The van der Waals surface area contributed by atoms with Crippen LogP contribution in [-0.2, 0) is 6.54 Å². The van der Waals surface area contributed by atoms with Crippen LogP contribution in [0.4, 0.5) is 13.2 Å². The summed E-state index contributed by atoms with van der Waals surface area (Å²) in [6, 6.07) is 0. The maximum atomic E-state index is 12.7. The Morgan fingerprint density at radius 1 is 1.39 bits per heavy atom. The molecule has 3 aliphatic heterocycles. The molecule has 0 aromatic carbocycles. The standard InChI is InChI=1S/C7H3ClF3N3S2Se2/c8-2-3-5(12-17-15-3)14(1-7(9,10)11)6-4(2)16-18-13-6/h12H,1H2. The summed E-state index contributed by atoms with van der Waals surface area (Å²) in [5.41, 5.74) is 0.461. The predicted molar refractivity (Wildman–Crippen MR) is 66.8 cm³/mol. The number of nitrogens with zero attached hydrogens (tertiary/aromatic N) is 2. The Hall–Kier alpha value is 0.309. The summed E-state index contributed by atoms with van der Waals surface area (Å²) < 4.78 is 47.1. The molecule has 3 nitrogen and oxygen atoms in total.